The molecule has 0 aromatic rings. The Hall–Kier alpha value is -0.550. The Bertz CT molecular complexity index is 261. The fourth-order valence-corrected chi connectivity index (χ4v) is 1.76. The second kappa shape index (κ2) is 5.36. The molecule has 1 aliphatic rings. The van der Waals surface area contributed by atoms with Gasteiger partial charge in [-0.15, -0.1) is 0 Å². The molecule has 0 spiro atoms. The molecule has 1 heterocycles. The molecule has 0 saturated carbocycles. The van der Waals surface area contributed by atoms with E-state index in [9.17, 15) is 0 Å². The first kappa shape index (κ1) is 11.5. The molecule has 3 nitrogen and oxygen atoms in total. The van der Waals surface area contributed by atoms with Gasteiger partial charge < -0.3 is 9.80 Å². The lowest BCUT2D eigenvalue weighted by Gasteiger charge is -2.16. The van der Waals surface area contributed by atoms with Crippen molar-refractivity contribution in [1.82, 2.24) is 9.80 Å². The first-order valence-electron chi connectivity index (χ1n) is 4.61. The van der Waals surface area contributed by atoms with Crippen molar-refractivity contribution in [3.8, 4) is 0 Å². The predicted octanol–water partition coefficient (Wildman–Crippen LogP) is 1.33. The van der Waals surface area contributed by atoms with Crippen LogP contribution < -0.4 is 0 Å². The minimum Gasteiger partial charge on any atom is -0.369 e. The molecule has 0 aromatic carbocycles. The van der Waals surface area contributed by atoms with E-state index in [0.29, 0.717) is 11.5 Å². The van der Waals surface area contributed by atoms with Gasteiger partial charge in [0.1, 0.15) is 4.99 Å². The molecule has 0 aliphatic carbocycles. The Kier molecular flexibility index (Phi) is 4.41. The fourth-order valence-electron chi connectivity index (χ4n) is 1.26. The van der Waals surface area contributed by atoms with Gasteiger partial charge >= 0.3 is 0 Å². The summed E-state index contributed by atoms with van der Waals surface area (Å²) in [5.74, 6) is 0. The van der Waals surface area contributed by atoms with E-state index in [2.05, 4.69) is 9.89 Å². The number of likely N-dealkylation sites (tertiary alicyclic amines) is 1. The van der Waals surface area contributed by atoms with Gasteiger partial charge in [0.15, 0.2) is 0 Å². The molecule has 0 aromatic heterocycles. The van der Waals surface area contributed by atoms with Crippen molar-refractivity contribution in [2.45, 2.75) is 12.8 Å². The minimum absolute atomic E-state index is 0.693. The molecule has 0 unspecified atom stereocenters. The lowest BCUT2D eigenvalue weighted by atomic mass is 10.4. The van der Waals surface area contributed by atoms with Gasteiger partial charge in [-0.2, -0.15) is 0 Å². The van der Waals surface area contributed by atoms with Gasteiger partial charge in [-0.1, -0.05) is 24.4 Å². The zero-order valence-electron chi connectivity index (χ0n) is 8.56. The van der Waals surface area contributed by atoms with Crippen LogP contribution in [0, 0.1) is 0 Å². The van der Waals surface area contributed by atoms with Crippen molar-refractivity contribution in [3.05, 3.63) is 0 Å². The van der Waals surface area contributed by atoms with Gasteiger partial charge in [-0.3, -0.25) is 0 Å². The number of aliphatic imine (C=N–C) groups is 1. The molecule has 1 saturated heterocycles. The average molecular weight is 229 g/mol. The molecule has 1 fully saturated rings. The summed E-state index contributed by atoms with van der Waals surface area (Å²) in [6, 6.07) is 0. The van der Waals surface area contributed by atoms with Gasteiger partial charge in [0.05, 0.1) is 17.9 Å². The SMILES string of the molecule is CN(C)C=NC(=S)CN1CCCC1=S. The van der Waals surface area contributed by atoms with E-state index in [4.69, 9.17) is 24.4 Å². The number of nitrogens with zero attached hydrogens (tertiary/aromatic N) is 3. The number of hydrogen-bond donors (Lipinski definition) is 0. The van der Waals surface area contributed by atoms with Crippen LogP contribution in [0.5, 0.6) is 0 Å². The highest BCUT2D eigenvalue weighted by atomic mass is 32.1. The number of rotatable bonds is 3. The van der Waals surface area contributed by atoms with Crippen molar-refractivity contribution in [3.63, 3.8) is 0 Å². The minimum atomic E-state index is 0.693. The maximum atomic E-state index is 5.20. The number of hydrogen-bond acceptors (Lipinski definition) is 2. The molecular formula is C9H15N3S2. The van der Waals surface area contributed by atoms with E-state index in [1.165, 1.54) is 0 Å². The Labute approximate surface area is 95.8 Å². The third-order valence-electron chi connectivity index (χ3n) is 1.93. The molecule has 78 valence electrons. The first-order chi connectivity index (χ1) is 6.59. The van der Waals surface area contributed by atoms with Crippen LogP contribution in [-0.4, -0.2) is 53.3 Å². The van der Waals surface area contributed by atoms with Gasteiger partial charge in [0, 0.05) is 20.6 Å². The zero-order chi connectivity index (χ0) is 10.6. The van der Waals surface area contributed by atoms with Gasteiger partial charge in [-0.25, -0.2) is 4.99 Å². The molecule has 0 radical (unpaired) electrons. The van der Waals surface area contributed by atoms with Gasteiger partial charge in [0.2, 0.25) is 0 Å². The summed E-state index contributed by atoms with van der Waals surface area (Å²) < 4.78 is 0. The monoisotopic (exact) mass is 229 g/mol. The third-order valence-corrected chi connectivity index (χ3v) is 2.63. The second-order valence-corrected chi connectivity index (χ2v) is 4.46. The highest BCUT2D eigenvalue weighted by Crippen LogP contribution is 2.11. The maximum absolute atomic E-state index is 5.20. The number of thiocarbonyl (C=S) groups is 2. The Morgan fingerprint density at radius 1 is 1.64 bits per heavy atom. The molecule has 1 rings (SSSR count). The standard InChI is InChI=1S/C9H15N3S2/c1-11(2)7-10-8(13)6-12-5-3-4-9(12)14/h7H,3-6H2,1-2H3. The Balaban J connectivity index is 2.37. The summed E-state index contributed by atoms with van der Waals surface area (Å²) in [5.41, 5.74) is 0. The van der Waals surface area contributed by atoms with E-state index in [1.54, 1.807) is 6.34 Å². The predicted molar refractivity (Wildman–Crippen MR) is 68.2 cm³/mol. The highest BCUT2D eigenvalue weighted by molar-refractivity contribution is 7.80. The fraction of sp³-hybridized carbons (Fsp3) is 0.667. The molecule has 0 bridgehead atoms. The van der Waals surface area contributed by atoms with E-state index in [0.717, 1.165) is 24.4 Å². The van der Waals surface area contributed by atoms with Crippen molar-refractivity contribution in [2.75, 3.05) is 27.2 Å². The third kappa shape index (κ3) is 3.67. The quantitative estimate of drug-likeness (QED) is 0.413. The maximum Gasteiger partial charge on any atom is 0.124 e. The largest absolute Gasteiger partial charge is 0.369 e. The first-order valence-corrected chi connectivity index (χ1v) is 5.42. The van der Waals surface area contributed by atoms with Gasteiger partial charge in [-0.05, 0) is 12.8 Å². The average Bonchev–Trinajstić information content (AvgIpc) is 2.49. The molecular weight excluding hydrogens is 214 g/mol. The van der Waals surface area contributed by atoms with Crippen LogP contribution in [-0.2, 0) is 0 Å². The molecule has 5 heteroatoms. The Morgan fingerprint density at radius 3 is 2.86 bits per heavy atom. The summed E-state index contributed by atoms with van der Waals surface area (Å²) in [4.78, 5) is 9.87. The van der Waals surface area contributed by atoms with E-state index in [-0.39, 0.29) is 0 Å². The normalized spacial score (nSPS) is 16.7. The van der Waals surface area contributed by atoms with E-state index < -0.39 is 0 Å². The van der Waals surface area contributed by atoms with E-state index >= 15 is 0 Å². The second-order valence-electron chi connectivity index (χ2n) is 3.52. The topological polar surface area (TPSA) is 18.8 Å². The van der Waals surface area contributed by atoms with Gasteiger partial charge in [0.25, 0.3) is 0 Å². The van der Waals surface area contributed by atoms with E-state index in [1.807, 2.05) is 19.0 Å². The molecule has 14 heavy (non-hydrogen) atoms. The van der Waals surface area contributed by atoms with Crippen molar-refractivity contribution < 1.29 is 0 Å². The highest BCUT2D eigenvalue weighted by Gasteiger charge is 2.16. The van der Waals surface area contributed by atoms with Crippen LogP contribution in [0.4, 0.5) is 0 Å². The van der Waals surface area contributed by atoms with Crippen LogP contribution in [0.15, 0.2) is 4.99 Å². The van der Waals surface area contributed by atoms with Crippen LogP contribution in [0.25, 0.3) is 0 Å². The van der Waals surface area contributed by atoms with Crippen LogP contribution >= 0.6 is 24.4 Å². The molecule has 0 atom stereocenters. The summed E-state index contributed by atoms with van der Waals surface area (Å²) in [5, 5.41) is 0. The van der Waals surface area contributed by atoms with Crippen molar-refractivity contribution >= 4 is 40.8 Å². The van der Waals surface area contributed by atoms with Crippen molar-refractivity contribution in [2.24, 2.45) is 4.99 Å². The molecule has 1 aliphatic heterocycles. The van der Waals surface area contributed by atoms with Crippen LogP contribution in [0.1, 0.15) is 12.8 Å². The zero-order valence-corrected chi connectivity index (χ0v) is 10.2. The summed E-state index contributed by atoms with van der Waals surface area (Å²) in [7, 11) is 3.85. The molecule has 0 amide bonds. The Morgan fingerprint density at radius 2 is 2.36 bits per heavy atom. The lowest BCUT2D eigenvalue weighted by Crippen LogP contribution is -2.28. The molecule has 0 N–H and O–H groups in total. The van der Waals surface area contributed by atoms with Crippen molar-refractivity contribution in [1.29, 1.82) is 0 Å². The summed E-state index contributed by atoms with van der Waals surface area (Å²) in [6.07, 6.45) is 3.90. The van der Waals surface area contributed by atoms with Crippen LogP contribution in [0.2, 0.25) is 0 Å². The lowest BCUT2D eigenvalue weighted by molar-refractivity contribution is 0.522. The summed E-state index contributed by atoms with van der Waals surface area (Å²) in [6.45, 7) is 1.72. The summed E-state index contributed by atoms with van der Waals surface area (Å²) >= 11 is 10.3. The van der Waals surface area contributed by atoms with Crippen LogP contribution in [0.3, 0.4) is 0 Å². The smallest absolute Gasteiger partial charge is 0.124 e.